The molecule has 102 valence electrons. The van der Waals surface area contributed by atoms with E-state index in [1.54, 1.807) is 0 Å². The smallest absolute Gasteiger partial charge is 0.0472 e. The quantitative estimate of drug-likeness (QED) is 0.799. The summed E-state index contributed by atoms with van der Waals surface area (Å²) in [6.45, 7) is 14.2. The molecule has 1 saturated heterocycles. The lowest BCUT2D eigenvalue weighted by atomic mass is 9.79. The minimum atomic E-state index is 0.204. The van der Waals surface area contributed by atoms with Gasteiger partial charge in [0, 0.05) is 31.8 Å². The van der Waals surface area contributed by atoms with Crippen molar-refractivity contribution in [3.8, 4) is 0 Å². The molecule has 0 aromatic heterocycles. The second-order valence-corrected chi connectivity index (χ2v) is 6.55. The van der Waals surface area contributed by atoms with Crippen molar-refractivity contribution >= 4 is 0 Å². The molecule has 0 aliphatic carbocycles. The van der Waals surface area contributed by atoms with Crippen LogP contribution < -0.4 is 5.32 Å². The van der Waals surface area contributed by atoms with Gasteiger partial charge in [-0.15, -0.1) is 0 Å². The molecule has 0 atom stereocenters. The Bertz CT molecular complexity index is 217. The third kappa shape index (κ3) is 5.36. The zero-order valence-corrected chi connectivity index (χ0v) is 12.3. The van der Waals surface area contributed by atoms with Crippen LogP contribution in [0.25, 0.3) is 0 Å². The molecule has 1 aliphatic heterocycles. The lowest BCUT2D eigenvalue weighted by Crippen LogP contribution is -2.50. The Morgan fingerprint density at radius 3 is 2.29 bits per heavy atom. The molecule has 0 aromatic carbocycles. The summed E-state index contributed by atoms with van der Waals surface area (Å²) in [6, 6.07) is 0. The fourth-order valence-corrected chi connectivity index (χ4v) is 2.33. The summed E-state index contributed by atoms with van der Waals surface area (Å²) in [5.74, 6) is 0. The van der Waals surface area contributed by atoms with E-state index in [4.69, 9.17) is 4.74 Å². The van der Waals surface area contributed by atoms with E-state index in [1.165, 1.54) is 19.4 Å². The van der Waals surface area contributed by atoms with Crippen LogP contribution in [0.15, 0.2) is 0 Å². The molecular formula is C14H30N2O. The van der Waals surface area contributed by atoms with Crippen LogP contribution in [0, 0.1) is 5.41 Å². The summed E-state index contributed by atoms with van der Waals surface area (Å²) in [6.07, 6.45) is 2.36. The first-order valence-corrected chi connectivity index (χ1v) is 6.88. The number of hydrogen-bond acceptors (Lipinski definition) is 3. The van der Waals surface area contributed by atoms with E-state index in [9.17, 15) is 0 Å². The number of hydrogen-bond donors (Lipinski definition) is 1. The van der Waals surface area contributed by atoms with Gasteiger partial charge in [0.2, 0.25) is 0 Å². The van der Waals surface area contributed by atoms with Crippen LogP contribution in [-0.4, -0.2) is 50.3 Å². The van der Waals surface area contributed by atoms with Crippen molar-refractivity contribution in [2.45, 2.75) is 46.1 Å². The van der Waals surface area contributed by atoms with Crippen molar-refractivity contribution in [2.24, 2.45) is 5.41 Å². The SMILES string of the molecule is CCN(C)CC1(CNC(C)(C)C)CCOCC1. The number of ether oxygens (including phenoxy) is 1. The van der Waals surface area contributed by atoms with Gasteiger partial charge in [0.15, 0.2) is 0 Å². The van der Waals surface area contributed by atoms with Gasteiger partial charge in [0.05, 0.1) is 0 Å². The van der Waals surface area contributed by atoms with Crippen LogP contribution in [0.2, 0.25) is 0 Å². The average Bonchev–Trinajstić information content (AvgIpc) is 2.27. The first kappa shape index (κ1) is 14.9. The second-order valence-electron chi connectivity index (χ2n) is 6.55. The van der Waals surface area contributed by atoms with Crippen molar-refractivity contribution in [1.29, 1.82) is 0 Å². The molecule has 17 heavy (non-hydrogen) atoms. The fraction of sp³-hybridized carbons (Fsp3) is 1.00. The van der Waals surface area contributed by atoms with Crippen molar-refractivity contribution < 1.29 is 4.74 Å². The molecule has 3 heteroatoms. The normalized spacial score (nSPS) is 20.8. The van der Waals surface area contributed by atoms with E-state index in [0.29, 0.717) is 5.41 Å². The molecule has 0 bridgehead atoms. The van der Waals surface area contributed by atoms with Crippen molar-refractivity contribution in [2.75, 3.05) is 39.9 Å². The maximum Gasteiger partial charge on any atom is 0.0472 e. The van der Waals surface area contributed by atoms with E-state index >= 15 is 0 Å². The van der Waals surface area contributed by atoms with Gasteiger partial charge in [-0.1, -0.05) is 6.92 Å². The maximum absolute atomic E-state index is 5.53. The Kier molecular flexibility index (Phi) is 5.42. The Balaban J connectivity index is 2.58. The predicted molar refractivity (Wildman–Crippen MR) is 73.4 cm³/mol. The molecule has 1 fully saturated rings. The van der Waals surface area contributed by atoms with Gasteiger partial charge in [0.25, 0.3) is 0 Å². The van der Waals surface area contributed by atoms with E-state index < -0.39 is 0 Å². The minimum absolute atomic E-state index is 0.204. The topological polar surface area (TPSA) is 24.5 Å². The predicted octanol–water partition coefficient (Wildman–Crippen LogP) is 2.12. The van der Waals surface area contributed by atoms with Crippen molar-refractivity contribution in [1.82, 2.24) is 10.2 Å². The maximum atomic E-state index is 5.53. The lowest BCUT2D eigenvalue weighted by molar-refractivity contribution is -0.00267. The molecule has 0 unspecified atom stereocenters. The molecule has 0 saturated carbocycles. The monoisotopic (exact) mass is 242 g/mol. The zero-order valence-electron chi connectivity index (χ0n) is 12.3. The van der Waals surface area contributed by atoms with Gasteiger partial charge in [-0.25, -0.2) is 0 Å². The van der Waals surface area contributed by atoms with Crippen molar-refractivity contribution in [3.05, 3.63) is 0 Å². The molecule has 0 amide bonds. The van der Waals surface area contributed by atoms with Gasteiger partial charge in [0.1, 0.15) is 0 Å². The highest BCUT2D eigenvalue weighted by Crippen LogP contribution is 2.31. The standard InChI is InChI=1S/C14H30N2O/c1-6-16(5)12-14(7-9-17-10-8-14)11-15-13(2,3)4/h15H,6-12H2,1-5H3. The summed E-state index contributed by atoms with van der Waals surface area (Å²) >= 11 is 0. The second kappa shape index (κ2) is 6.17. The fourth-order valence-electron chi connectivity index (χ4n) is 2.33. The van der Waals surface area contributed by atoms with Crippen molar-refractivity contribution in [3.63, 3.8) is 0 Å². The minimum Gasteiger partial charge on any atom is -0.381 e. The Hall–Kier alpha value is -0.120. The molecule has 0 aromatic rings. The summed E-state index contributed by atoms with van der Waals surface area (Å²) < 4.78 is 5.53. The van der Waals surface area contributed by atoms with Crippen LogP contribution in [0.5, 0.6) is 0 Å². The summed E-state index contributed by atoms with van der Waals surface area (Å²) in [5, 5.41) is 3.68. The summed E-state index contributed by atoms with van der Waals surface area (Å²) in [5.41, 5.74) is 0.604. The average molecular weight is 242 g/mol. The highest BCUT2D eigenvalue weighted by Gasteiger charge is 2.34. The number of nitrogens with zero attached hydrogens (tertiary/aromatic N) is 1. The van der Waals surface area contributed by atoms with Crippen LogP contribution in [-0.2, 0) is 4.74 Å². The Labute approximate surface area is 107 Å². The van der Waals surface area contributed by atoms with Gasteiger partial charge >= 0.3 is 0 Å². The third-order valence-electron chi connectivity index (χ3n) is 3.69. The Morgan fingerprint density at radius 1 is 1.24 bits per heavy atom. The van der Waals surface area contributed by atoms with Gasteiger partial charge in [-0.2, -0.15) is 0 Å². The molecule has 1 aliphatic rings. The van der Waals surface area contributed by atoms with Crippen LogP contribution in [0.3, 0.4) is 0 Å². The first-order valence-electron chi connectivity index (χ1n) is 6.88. The largest absolute Gasteiger partial charge is 0.381 e. The molecule has 3 nitrogen and oxygen atoms in total. The lowest BCUT2D eigenvalue weighted by Gasteiger charge is -2.41. The van der Waals surface area contributed by atoms with Crippen LogP contribution in [0.4, 0.5) is 0 Å². The van der Waals surface area contributed by atoms with E-state index in [2.05, 4.69) is 45.0 Å². The molecule has 1 rings (SSSR count). The first-order chi connectivity index (χ1) is 7.87. The van der Waals surface area contributed by atoms with E-state index in [1.807, 2.05) is 0 Å². The van der Waals surface area contributed by atoms with E-state index in [-0.39, 0.29) is 5.54 Å². The number of rotatable bonds is 5. The van der Waals surface area contributed by atoms with E-state index in [0.717, 1.165) is 26.3 Å². The Morgan fingerprint density at radius 2 is 1.82 bits per heavy atom. The molecule has 1 N–H and O–H groups in total. The third-order valence-corrected chi connectivity index (χ3v) is 3.69. The highest BCUT2D eigenvalue weighted by molar-refractivity contribution is 4.88. The van der Waals surface area contributed by atoms with Gasteiger partial charge in [-0.3, -0.25) is 0 Å². The molecule has 0 spiro atoms. The van der Waals surface area contributed by atoms with Gasteiger partial charge < -0.3 is 15.0 Å². The molecule has 0 radical (unpaired) electrons. The molecule has 1 heterocycles. The van der Waals surface area contributed by atoms with Gasteiger partial charge in [-0.05, 0) is 52.6 Å². The zero-order chi connectivity index (χ0) is 12.9. The molecular weight excluding hydrogens is 212 g/mol. The summed E-state index contributed by atoms with van der Waals surface area (Å²) in [7, 11) is 2.22. The number of nitrogens with one attached hydrogen (secondary N) is 1. The van der Waals surface area contributed by atoms with Crippen LogP contribution in [0.1, 0.15) is 40.5 Å². The highest BCUT2D eigenvalue weighted by atomic mass is 16.5. The van der Waals surface area contributed by atoms with Crippen LogP contribution >= 0.6 is 0 Å². The summed E-state index contributed by atoms with van der Waals surface area (Å²) in [4.78, 5) is 2.43.